The van der Waals surface area contributed by atoms with Gasteiger partial charge in [-0.3, -0.25) is 9.59 Å². The summed E-state index contributed by atoms with van der Waals surface area (Å²) in [7, 11) is 0. The van der Waals surface area contributed by atoms with Gasteiger partial charge in [0, 0.05) is 54.2 Å². The van der Waals surface area contributed by atoms with Crippen LogP contribution in [0.4, 0.5) is 11.4 Å². The van der Waals surface area contributed by atoms with E-state index in [-0.39, 0.29) is 11.8 Å². The van der Waals surface area contributed by atoms with Gasteiger partial charge >= 0.3 is 0 Å². The Bertz CT molecular complexity index is 777. The second kappa shape index (κ2) is 10.0. The van der Waals surface area contributed by atoms with Crippen LogP contribution in [0.3, 0.4) is 0 Å². The van der Waals surface area contributed by atoms with E-state index in [0.717, 1.165) is 30.3 Å². The Morgan fingerprint density at radius 2 is 2.00 bits per heavy atom. The van der Waals surface area contributed by atoms with E-state index in [1.165, 1.54) is 11.3 Å². The zero-order chi connectivity index (χ0) is 19.1. The number of carbonyl (C=O) groups excluding carboxylic acids is 2. The number of thioether (sulfide) groups is 1. The van der Waals surface area contributed by atoms with Gasteiger partial charge in [0.15, 0.2) is 0 Å². The Morgan fingerprint density at radius 3 is 2.70 bits per heavy atom. The van der Waals surface area contributed by atoms with Crippen LogP contribution in [0.5, 0.6) is 0 Å². The van der Waals surface area contributed by atoms with Crippen LogP contribution < -0.4 is 15.5 Å². The Kier molecular flexibility index (Phi) is 7.43. The molecule has 1 aliphatic heterocycles. The number of benzene rings is 1. The quantitative estimate of drug-likeness (QED) is 0.658. The van der Waals surface area contributed by atoms with Crippen molar-refractivity contribution < 1.29 is 9.59 Å². The Balaban J connectivity index is 1.42. The fourth-order valence-corrected chi connectivity index (χ4v) is 4.65. The van der Waals surface area contributed by atoms with Gasteiger partial charge in [-0.05, 0) is 36.1 Å². The molecular weight excluding hydrogens is 402 g/mol. The van der Waals surface area contributed by atoms with E-state index < -0.39 is 0 Å². The molecule has 0 bridgehead atoms. The predicted molar refractivity (Wildman–Crippen MR) is 116 cm³/mol. The number of nitrogens with one attached hydrogen (secondary N) is 2. The van der Waals surface area contributed by atoms with Crippen molar-refractivity contribution in [3.8, 4) is 0 Å². The van der Waals surface area contributed by atoms with Crippen molar-refractivity contribution in [2.45, 2.75) is 12.8 Å². The molecular formula is C19H22ClN3O2S2. The zero-order valence-corrected chi connectivity index (χ0v) is 17.3. The fraction of sp³-hybridized carbons (Fsp3) is 0.368. The van der Waals surface area contributed by atoms with Crippen molar-refractivity contribution >= 4 is 57.9 Å². The standard InChI is InChI=1S/C19H22ClN3O2S2/c20-16-12-15(3-4-17(16)23-7-10-26-11-8-23)22-18(24)2-1-6-21-19(25)14-5-9-27-13-14/h3-5,9,12-13H,1-2,6-8,10-11H2,(H,21,25)(H,22,24). The number of thiophene rings is 1. The van der Waals surface area contributed by atoms with Gasteiger partial charge in [0.2, 0.25) is 5.91 Å². The molecule has 1 aliphatic rings. The van der Waals surface area contributed by atoms with Gasteiger partial charge in [0.25, 0.3) is 5.91 Å². The highest BCUT2D eigenvalue weighted by molar-refractivity contribution is 7.99. The number of hydrogen-bond acceptors (Lipinski definition) is 5. The molecule has 1 fully saturated rings. The molecule has 0 unspecified atom stereocenters. The highest BCUT2D eigenvalue weighted by Gasteiger charge is 2.15. The largest absolute Gasteiger partial charge is 0.369 e. The molecule has 8 heteroatoms. The van der Waals surface area contributed by atoms with Crippen molar-refractivity contribution in [3.63, 3.8) is 0 Å². The summed E-state index contributed by atoms with van der Waals surface area (Å²) in [5, 5.41) is 10.0. The summed E-state index contributed by atoms with van der Waals surface area (Å²) >= 11 is 9.85. The average molecular weight is 424 g/mol. The third-order valence-electron chi connectivity index (χ3n) is 4.23. The van der Waals surface area contributed by atoms with Crippen LogP contribution in [-0.4, -0.2) is 43.0 Å². The normalized spacial score (nSPS) is 14.0. The summed E-state index contributed by atoms with van der Waals surface area (Å²) < 4.78 is 0. The zero-order valence-electron chi connectivity index (χ0n) is 14.9. The molecule has 3 rings (SSSR count). The number of nitrogens with zero attached hydrogens (tertiary/aromatic N) is 1. The minimum atomic E-state index is -0.102. The molecule has 0 atom stereocenters. The molecule has 0 saturated carbocycles. The van der Waals surface area contributed by atoms with Crippen LogP contribution in [0.15, 0.2) is 35.0 Å². The molecule has 27 heavy (non-hydrogen) atoms. The predicted octanol–water partition coefficient (Wildman–Crippen LogP) is 4.10. The lowest BCUT2D eigenvalue weighted by Crippen LogP contribution is -2.32. The molecule has 2 N–H and O–H groups in total. The molecule has 2 amide bonds. The Hall–Kier alpha value is -1.70. The van der Waals surface area contributed by atoms with E-state index in [1.54, 1.807) is 17.5 Å². The molecule has 5 nitrogen and oxygen atoms in total. The smallest absolute Gasteiger partial charge is 0.252 e. The lowest BCUT2D eigenvalue weighted by molar-refractivity contribution is -0.116. The first-order chi connectivity index (χ1) is 13.1. The van der Waals surface area contributed by atoms with Gasteiger partial charge in [0.05, 0.1) is 10.7 Å². The highest BCUT2D eigenvalue weighted by atomic mass is 35.5. The summed E-state index contributed by atoms with van der Waals surface area (Å²) in [6, 6.07) is 7.44. The number of rotatable bonds is 7. The summed E-state index contributed by atoms with van der Waals surface area (Å²) in [5.41, 5.74) is 2.38. The summed E-state index contributed by atoms with van der Waals surface area (Å²) in [5.74, 6) is 2.03. The maximum atomic E-state index is 12.1. The SMILES string of the molecule is O=C(CCCNC(=O)c1ccsc1)Nc1ccc(N2CCSCC2)c(Cl)c1. The van der Waals surface area contributed by atoms with Crippen molar-refractivity contribution in [1.82, 2.24) is 5.32 Å². The van der Waals surface area contributed by atoms with Crippen LogP contribution in [-0.2, 0) is 4.79 Å². The van der Waals surface area contributed by atoms with Gasteiger partial charge in [-0.1, -0.05) is 11.6 Å². The first-order valence-corrected chi connectivity index (χ1v) is 11.3. The highest BCUT2D eigenvalue weighted by Crippen LogP contribution is 2.30. The molecule has 2 aromatic rings. The Morgan fingerprint density at radius 1 is 1.19 bits per heavy atom. The van der Waals surface area contributed by atoms with Crippen LogP contribution >= 0.6 is 34.7 Å². The van der Waals surface area contributed by atoms with E-state index in [1.807, 2.05) is 29.3 Å². The lowest BCUT2D eigenvalue weighted by atomic mass is 10.2. The number of halogens is 1. The second-order valence-corrected chi connectivity index (χ2v) is 8.60. The van der Waals surface area contributed by atoms with Crippen molar-refractivity contribution in [3.05, 3.63) is 45.6 Å². The molecule has 144 valence electrons. The molecule has 1 aromatic heterocycles. The summed E-state index contributed by atoms with van der Waals surface area (Å²) in [6.07, 6.45) is 0.922. The van der Waals surface area contributed by atoms with E-state index in [4.69, 9.17) is 11.6 Å². The van der Waals surface area contributed by atoms with Gasteiger partial charge in [0.1, 0.15) is 0 Å². The summed E-state index contributed by atoms with van der Waals surface area (Å²) in [6.45, 7) is 2.45. The number of hydrogen-bond donors (Lipinski definition) is 2. The van der Waals surface area contributed by atoms with E-state index in [2.05, 4.69) is 15.5 Å². The third kappa shape index (κ3) is 5.89. The van der Waals surface area contributed by atoms with E-state index in [0.29, 0.717) is 35.7 Å². The van der Waals surface area contributed by atoms with Crippen molar-refractivity contribution in [2.24, 2.45) is 0 Å². The third-order valence-corrected chi connectivity index (χ3v) is 6.16. The monoisotopic (exact) mass is 423 g/mol. The van der Waals surface area contributed by atoms with Gasteiger partial charge in [-0.15, -0.1) is 0 Å². The fourth-order valence-electron chi connectivity index (χ4n) is 2.82. The molecule has 1 aromatic carbocycles. The minimum Gasteiger partial charge on any atom is -0.369 e. The maximum Gasteiger partial charge on any atom is 0.252 e. The van der Waals surface area contributed by atoms with E-state index in [9.17, 15) is 9.59 Å². The summed E-state index contributed by atoms with van der Waals surface area (Å²) in [4.78, 5) is 26.2. The van der Waals surface area contributed by atoms with Gasteiger partial charge < -0.3 is 15.5 Å². The first-order valence-electron chi connectivity index (χ1n) is 8.86. The van der Waals surface area contributed by atoms with Gasteiger partial charge in [-0.2, -0.15) is 23.1 Å². The molecule has 0 spiro atoms. The molecule has 0 aliphatic carbocycles. The van der Waals surface area contributed by atoms with Crippen LogP contribution in [0.2, 0.25) is 5.02 Å². The van der Waals surface area contributed by atoms with E-state index >= 15 is 0 Å². The van der Waals surface area contributed by atoms with Gasteiger partial charge in [-0.25, -0.2) is 0 Å². The number of amides is 2. The minimum absolute atomic E-state index is 0.0852. The average Bonchev–Trinajstić information content (AvgIpc) is 3.21. The topological polar surface area (TPSA) is 61.4 Å². The second-order valence-electron chi connectivity index (χ2n) is 6.19. The maximum absolute atomic E-state index is 12.1. The molecule has 2 heterocycles. The lowest BCUT2D eigenvalue weighted by Gasteiger charge is -2.29. The van der Waals surface area contributed by atoms with Crippen molar-refractivity contribution in [1.29, 1.82) is 0 Å². The number of carbonyl (C=O) groups is 2. The Labute approximate surface area is 172 Å². The van der Waals surface area contributed by atoms with Crippen LogP contribution in [0.1, 0.15) is 23.2 Å². The number of anilines is 2. The molecule has 1 saturated heterocycles. The molecule has 0 radical (unpaired) electrons. The van der Waals surface area contributed by atoms with Crippen LogP contribution in [0.25, 0.3) is 0 Å². The first kappa shape index (κ1) is 20.0. The van der Waals surface area contributed by atoms with Crippen LogP contribution in [0, 0.1) is 0 Å². The van der Waals surface area contributed by atoms with Crippen molar-refractivity contribution in [2.75, 3.05) is 41.4 Å².